The molecule has 1 rings (SSSR count). The Hall–Kier alpha value is -1.98. The van der Waals surface area contributed by atoms with E-state index < -0.39 is 5.97 Å². The van der Waals surface area contributed by atoms with Gasteiger partial charge in [0, 0.05) is 6.20 Å². The van der Waals surface area contributed by atoms with Gasteiger partial charge in [-0.1, -0.05) is 0 Å². The second-order valence-electron chi connectivity index (χ2n) is 2.28. The molecule has 1 aromatic rings. The fourth-order valence-electron chi connectivity index (χ4n) is 0.749. The van der Waals surface area contributed by atoms with Gasteiger partial charge in [0.05, 0.1) is 7.11 Å². The lowest BCUT2D eigenvalue weighted by atomic mass is 10.4. The van der Waals surface area contributed by atoms with E-state index in [4.69, 9.17) is 4.74 Å². The molecule has 0 aliphatic rings. The number of rotatable bonds is 4. The first kappa shape index (κ1) is 10.1. The normalized spacial score (nSPS) is 9.21. The van der Waals surface area contributed by atoms with E-state index in [-0.39, 0.29) is 18.2 Å². The number of aromatic nitrogens is 1. The van der Waals surface area contributed by atoms with Crippen LogP contribution in [0, 0.1) is 4.91 Å². The number of carbonyl (C=O) groups is 1. The average Bonchev–Trinajstić information content (AvgIpc) is 2.26. The number of nitrogens with zero attached hydrogens (tertiary/aromatic N) is 2. The van der Waals surface area contributed by atoms with Gasteiger partial charge < -0.3 is 9.47 Å². The molecule has 0 spiro atoms. The van der Waals surface area contributed by atoms with Crippen molar-refractivity contribution in [3.63, 3.8) is 0 Å². The standard InChI is InChI=1S/C8H8N2O4/c1-13-7(11)5-14-8-6(10-12)3-2-4-9-8/h2-4H,5H2,1H3. The Labute approximate surface area is 79.8 Å². The van der Waals surface area contributed by atoms with Gasteiger partial charge in [-0.15, -0.1) is 4.91 Å². The van der Waals surface area contributed by atoms with Crippen molar-refractivity contribution in [2.45, 2.75) is 0 Å². The highest BCUT2D eigenvalue weighted by Crippen LogP contribution is 2.22. The number of hydrogen-bond acceptors (Lipinski definition) is 6. The third kappa shape index (κ3) is 2.51. The molecule has 6 heteroatoms. The van der Waals surface area contributed by atoms with Crippen LogP contribution in [-0.4, -0.2) is 24.7 Å². The van der Waals surface area contributed by atoms with Gasteiger partial charge in [0.25, 0.3) is 0 Å². The van der Waals surface area contributed by atoms with E-state index in [2.05, 4.69) is 14.9 Å². The smallest absolute Gasteiger partial charge is 0.343 e. The monoisotopic (exact) mass is 196 g/mol. The van der Waals surface area contributed by atoms with Crippen LogP contribution in [0.1, 0.15) is 0 Å². The van der Waals surface area contributed by atoms with Crippen molar-refractivity contribution in [3.8, 4) is 5.88 Å². The Morgan fingerprint density at radius 1 is 1.64 bits per heavy atom. The molecule has 14 heavy (non-hydrogen) atoms. The van der Waals surface area contributed by atoms with E-state index in [1.807, 2.05) is 0 Å². The highest BCUT2D eigenvalue weighted by molar-refractivity contribution is 5.71. The third-order valence-corrected chi connectivity index (χ3v) is 1.40. The minimum absolute atomic E-state index is 0.0212. The Morgan fingerprint density at radius 3 is 3.07 bits per heavy atom. The number of pyridine rings is 1. The summed E-state index contributed by atoms with van der Waals surface area (Å²) in [6, 6.07) is 2.98. The number of hydrogen-bond donors (Lipinski definition) is 0. The molecule has 0 fully saturated rings. The van der Waals surface area contributed by atoms with E-state index in [1.165, 1.54) is 19.4 Å². The van der Waals surface area contributed by atoms with Gasteiger partial charge in [-0.3, -0.25) is 0 Å². The van der Waals surface area contributed by atoms with E-state index in [9.17, 15) is 9.70 Å². The largest absolute Gasteiger partial charge is 0.466 e. The Bertz CT molecular complexity index is 340. The van der Waals surface area contributed by atoms with Crippen LogP contribution in [0.25, 0.3) is 0 Å². The molecule has 0 bridgehead atoms. The lowest BCUT2D eigenvalue weighted by molar-refractivity contribution is -0.143. The van der Waals surface area contributed by atoms with E-state index in [1.54, 1.807) is 6.07 Å². The summed E-state index contributed by atoms with van der Waals surface area (Å²) in [5, 5.41) is 2.68. The van der Waals surface area contributed by atoms with Crippen LogP contribution in [0.4, 0.5) is 5.69 Å². The second-order valence-corrected chi connectivity index (χ2v) is 2.28. The molecule has 0 aromatic carbocycles. The molecule has 74 valence electrons. The fourth-order valence-corrected chi connectivity index (χ4v) is 0.749. The zero-order valence-electron chi connectivity index (χ0n) is 7.47. The summed E-state index contributed by atoms with van der Waals surface area (Å²) in [4.78, 5) is 24.7. The quantitative estimate of drug-likeness (QED) is 0.530. The van der Waals surface area contributed by atoms with Gasteiger partial charge in [-0.2, -0.15) is 0 Å². The summed E-state index contributed by atoms with van der Waals surface area (Å²) in [7, 11) is 1.24. The van der Waals surface area contributed by atoms with Crippen molar-refractivity contribution in [1.82, 2.24) is 4.98 Å². The molecule has 0 saturated heterocycles. The molecule has 0 aliphatic heterocycles. The van der Waals surface area contributed by atoms with Gasteiger partial charge in [-0.05, 0) is 17.3 Å². The van der Waals surface area contributed by atoms with Crippen molar-refractivity contribution in [1.29, 1.82) is 0 Å². The molecule has 0 atom stereocenters. The van der Waals surface area contributed by atoms with Crippen molar-refractivity contribution >= 4 is 11.7 Å². The molecule has 1 aromatic heterocycles. The zero-order chi connectivity index (χ0) is 10.4. The molecular formula is C8H8N2O4. The van der Waals surface area contributed by atoms with E-state index >= 15 is 0 Å². The maximum absolute atomic E-state index is 10.7. The SMILES string of the molecule is COC(=O)COc1ncccc1N=O. The maximum atomic E-state index is 10.7. The van der Waals surface area contributed by atoms with Crippen molar-refractivity contribution < 1.29 is 14.3 Å². The number of carbonyl (C=O) groups excluding carboxylic acids is 1. The van der Waals surface area contributed by atoms with Gasteiger partial charge in [0.1, 0.15) is 0 Å². The predicted octanol–water partition coefficient (Wildman–Crippen LogP) is 1.03. The predicted molar refractivity (Wildman–Crippen MR) is 47.2 cm³/mol. The first-order chi connectivity index (χ1) is 6.77. The van der Waals surface area contributed by atoms with Crippen LogP contribution in [0.2, 0.25) is 0 Å². The van der Waals surface area contributed by atoms with Crippen molar-refractivity contribution in [3.05, 3.63) is 23.2 Å². The van der Waals surface area contributed by atoms with Crippen molar-refractivity contribution in [2.75, 3.05) is 13.7 Å². The van der Waals surface area contributed by atoms with Gasteiger partial charge >= 0.3 is 5.97 Å². The lowest BCUT2D eigenvalue weighted by Gasteiger charge is -2.03. The van der Waals surface area contributed by atoms with Gasteiger partial charge in [-0.25, -0.2) is 9.78 Å². The third-order valence-electron chi connectivity index (χ3n) is 1.40. The van der Waals surface area contributed by atoms with Crippen LogP contribution in [0.5, 0.6) is 5.88 Å². The van der Waals surface area contributed by atoms with Crippen LogP contribution in [0.15, 0.2) is 23.5 Å². The minimum Gasteiger partial charge on any atom is -0.466 e. The molecule has 0 radical (unpaired) electrons. The minimum atomic E-state index is -0.549. The molecule has 0 aliphatic carbocycles. The summed E-state index contributed by atoms with van der Waals surface area (Å²) >= 11 is 0. The summed E-state index contributed by atoms with van der Waals surface area (Å²) in [6.07, 6.45) is 1.43. The number of ether oxygens (including phenoxy) is 2. The Morgan fingerprint density at radius 2 is 2.43 bits per heavy atom. The first-order valence-electron chi connectivity index (χ1n) is 3.76. The maximum Gasteiger partial charge on any atom is 0.343 e. The van der Waals surface area contributed by atoms with E-state index in [0.717, 1.165) is 0 Å². The van der Waals surface area contributed by atoms with Gasteiger partial charge in [0.2, 0.25) is 5.88 Å². The Kier molecular flexibility index (Phi) is 3.54. The van der Waals surface area contributed by atoms with E-state index in [0.29, 0.717) is 0 Å². The summed E-state index contributed by atoms with van der Waals surface area (Å²) in [6.45, 7) is -0.296. The average molecular weight is 196 g/mol. The Balaban J connectivity index is 2.66. The number of nitroso groups, excluding NO2 is 1. The molecule has 0 N–H and O–H groups in total. The zero-order valence-corrected chi connectivity index (χ0v) is 7.47. The number of methoxy groups -OCH3 is 1. The first-order valence-corrected chi connectivity index (χ1v) is 3.76. The molecule has 0 unspecified atom stereocenters. The second kappa shape index (κ2) is 4.90. The highest BCUT2D eigenvalue weighted by atomic mass is 16.6. The summed E-state index contributed by atoms with van der Waals surface area (Å²) in [5.41, 5.74) is 0.0522. The molecular weight excluding hydrogens is 188 g/mol. The lowest BCUT2D eigenvalue weighted by Crippen LogP contribution is -2.13. The highest BCUT2D eigenvalue weighted by Gasteiger charge is 2.07. The van der Waals surface area contributed by atoms with Crippen molar-refractivity contribution in [2.24, 2.45) is 5.18 Å². The summed E-state index contributed by atoms with van der Waals surface area (Å²) in [5.74, 6) is -0.527. The van der Waals surface area contributed by atoms with Crippen LogP contribution in [0.3, 0.4) is 0 Å². The van der Waals surface area contributed by atoms with Crippen LogP contribution < -0.4 is 4.74 Å². The van der Waals surface area contributed by atoms with Crippen LogP contribution >= 0.6 is 0 Å². The summed E-state index contributed by atoms with van der Waals surface area (Å²) < 4.78 is 9.25. The molecule has 1 heterocycles. The molecule has 0 amide bonds. The topological polar surface area (TPSA) is 77.8 Å². The number of esters is 1. The fraction of sp³-hybridized carbons (Fsp3) is 0.250. The molecule has 6 nitrogen and oxygen atoms in total. The van der Waals surface area contributed by atoms with Gasteiger partial charge in [0.15, 0.2) is 12.3 Å². The van der Waals surface area contributed by atoms with Crippen LogP contribution in [-0.2, 0) is 9.53 Å². The molecule has 0 saturated carbocycles.